The van der Waals surface area contributed by atoms with Gasteiger partial charge in [-0.2, -0.15) is 14.6 Å². The monoisotopic (exact) mass is 510 g/mol. The van der Waals surface area contributed by atoms with E-state index in [-0.39, 0.29) is 6.10 Å². The Balaban J connectivity index is 1.70. The van der Waals surface area contributed by atoms with E-state index >= 15 is 0 Å². The fraction of sp³-hybridized carbons (Fsp3) is 0.682. The third kappa shape index (κ3) is 5.71. The molecule has 4 heterocycles. The summed E-state index contributed by atoms with van der Waals surface area (Å²) in [6, 6.07) is 1.78. The summed E-state index contributed by atoms with van der Waals surface area (Å²) in [5, 5.41) is 4.46. The smallest absolute Gasteiger partial charge is 0.416 e. The Labute approximate surface area is 196 Å². The maximum Gasteiger partial charge on any atom is 0.416 e. The number of carbonyl (C=O) groups is 1. The fourth-order valence-corrected chi connectivity index (χ4v) is 4.23. The average molecular weight is 511 g/mol. The number of anilines is 1. The van der Waals surface area contributed by atoms with E-state index in [0.717, 1.165) is 30.2 Å². The molecule has 4 rings (SSSR count). The van der Waals surface area contributed by atoms with Gasteiger partial charge in [0.25, 0.3) is 0 Å². The van der Waals surface area contributed by atoms with Gasteiger partial charge >= 0.3 is 6.09 Å². The van der Waals surface area contributed by atoms with Crippen molar-refractivity contribution in [2.75, 3.05) is 37.9 Å². The third-order valence-electron chi connectivity index (χ3n) is 5.51. The minimum absolute atomic E-state index is 0.0266. The number of amides is 1. The molecule has 2 saturated heterocycles. The quantitative estimate of drug-likeness (QED) is 0.594. The molecule has 2 aromatic heterocycles. The van der Waals surface area contributed by atoms with Crippen molar-refractivity contribution in [3.63, 3.8) is 0 Å². The topological polar surface area (TPSA) is 87.4 Å². The van der Waals surface area contributed by atoms with E-state index in [0.29, 0.717) is 56.2 Å². The van der Waals surface area contributed by atoms with Crippen LogP contribution in [0, 0.1) is 5.92 Å². The van der Waals surface area contributed by atoms with Crippen molar-refractivity contribution >= 4 is 33.5 Å². The minimum atomic E-state index is -0.622. The summed E-state index contributed by atoms with van der Waals surface area (Å²) in [6.07, 6.45) is 4.68. The average Bonchev–Trinajstić information content (AvgIpc) is 3.13. The molecule has 0 aliphatic carbocycles. The Bertz CT molecular complexity index is 932. The van der Waals surface area contributed by atoms with Crippen LogP contribution < -0.4 is 9.64 Å². The number of rotatable bonds is 5. The van der Waals surface area contributed by atoms with Crippen LogP contribution in [0.5, 0.6) is 5.88 Å². The lowest BCUT2D eigenvalue weighted by Crippen LogP contribution is -2.42. The maximum absolute atomic E-state index is 13.3. The molecule has 9 nitrogen and oxygen atoms in total. The zero-order valence-electron chi connectivity index (χ0n) is 18.9. The maximum atomic E-state index is 13.3. The molecule has 2 fully saturated rings. The molecule has 176 valence electrons. The minimum Gasteiger partial charge on any atom is -0.474 e. The summed E-state index contributed by atoms with van der Waals surface area (Å²) in [5.74, 6) is 1.34. The third-order valence-corrected chi connectivity index (χ3v) is 6.07. The number of halogens is 1. The molecule has 0 atom stereocenters. The predicted octanol–water partition coefficient (Wildman–Crippen LogP) is 4.22. The van der Waals surface area contributed by atoms with Gasteiger partial charge < -0.3 is 18.9 Å². The van der Waals surface area contributed by atoms with Gasteiger partial charge in [-0.3, -0.25) is 4.90 Å². The Kier molecular flexibility index (Phi) is 7.21. The zero-order chi connectivity index (χ0) is 22.7. The summed E-state index contributed by atoms with van der Waals surface area (Å²) in [4.78, 5) is 19.6. The number of carbonyl (C=O) groups excluding carboxylic acids is 1. The largest absolute Gasteiger partial charge is 0.474 e. The van der Waals surface area contributed by atoms with Gasteiger partial charge in [-0.1, -0.05) is 0 Å². The number of hydrogen-bond acceptors (Lipinski definition) is 7. The van der Waals surface area contributed by atoms with Crippen LogP contribution >= 0.6 is 15.9 Å². The van der Waals surface area contributed by atoms with E-state index in [9.17, 15) is 4.79 Å². The van der Waals surface area contributed by atoms with E-state index in [1.54, 1.807) is 21.7 Å². The molecule has 0 spiro atoms. The Morgan fingerprint density at radius 2 is 1.84 bits per heavy atom. The molecular formula is C22H31BrN4O5. The molecule has 10 heteroatoms. The molecular weight excluding hydrogens is 480 g/mol. The highest BCUT2D eigenvalue weighted by Crippen LogP contribution is 2.30. The first kappa shape index (κ1) is 23.3. The number of aromatic nitrogens is 3. The van der Waals surface area contributed by atoms with Gasteiger partial charge in [0.05, 0.1) is 23.9 Å². The molecule has 0 radical (unpaired) electrons. The van der Waals surface area contributed by atoms with Gasteiger partial charge in [0, 0.05) is 38.7 Å². The van der Waals surface area contributed by atoms with Crippen LogP contribution in [0.15, 0.2) is 16.7 Å². The standard InChI is InChI=1S/C22H31BrN4O5/c1-22(2,3)32-21(28)26(14-15-4-8-29-9-5-15)19-12-18(31-16-6-10-30-11-7-16)25-20-17(23)13-24-27(19)20/h12-13,15-16H,4-11,14H2,1-3H3. The van der Waals surface area contributed by atoms with Crippen molar-refractivity contribution in [3.05, 3.63) is 16.7 Å². The molecule has 0 bridgehead atoms. The van der Waals surface area contributed by atoms with Crippen molar-refractivity contribution in [1.82, 2.24) is 14.6 Å². The van der Waals surface area contributed by atoms with Crippen LogP contribution in [0.2, 0.25) is 0 Å². The molecule has 2 aliphatic rings. The molecule has 2 aromatic rings. The molecule has 0 N–H and O–H groups in total. The van der Waals surface area contributed by atoms with Crippen molar-refractivity contribution < 1.29 is 23.7 Å². The summed E-state index contributed by atoms with van der Waals surface area (Å²) < 4.78 is 25.3. The fourth-order valence-electron chi connectivity index (χ4n) is 3.88. The van der Waals surface area contributed by atoms with Crippen molar-refractivity contribution in [3.8, 4) is 5.88 Å². The first-order valence-corrected chi connectivity index (χ1v) is 12.0. The lowest BCUT2D eigenvalue weighted by molar-refractivity contribution is 0.0238. The summed E-state index contributed by atoms with van der Waals surface area (Å²) in [7, 11) is 0. The van der Waals surface area contributed by atoms with Crippen molar-refractivity contribution in [1.29, 1.82) is 0 Å². The second-order valence-corrected chi connectivity index (χ2v) is 10.1. The normalized spacial score (nSPS) is 18.6. The van der Waals surface area contributed by atoms with Gasteiger partial charge in [0.1, 0.15) is 17.5 Å². The number of nitrogens with zero attached hydrogens (tertiary/aromatic N) is 4. The Morgan fingerprint density at radius 1 is 1.19 bits per heavy atom. The van der Waals surface area contributed by atoms with Gasteiger partial charge in [-0.15, -0.1) is 0 Å². The van der Waals surface area contributed by atoms with E-state index in [4.69, 9.17) is 18.9 Å². The van der Waals surface area contributed by atoms with Gasteiger partial charge in [0.15, 0.2) is 5.65 Å². The highest BCUT2D eigenvalue weighted by Gasteiger charge is 2.30. The van der Waals surface area contributed by atoms with Gasteiger partial charge in [0.2, 0.25) is 5.88 Å². The number of fused-ring (bicyclic) bond motifs is 1. The molecule has 32 heavy (non-hydrogen) atoms. The van der Waals surface area contributed by atoms with E-state index in [1.807, 2.05) is 20.8 Å². The molecule has 1 amide bonds. The first-order valence-electron chi connectivity index (χ1n) is 11.2. The SMILES string of the molecule is CC(C)(C)OC(=O)N(CC1CCOCC1)c1cc(OC2CCOCC2)nc2c(Br)cnn12. The second kappa shape index (κ2) is 9.93. The van der Waals surface area contributed by atoms with Crippen LogP contribution in [0.1, 0.15) is 46.5 Å². The molecule has 0 unspecified atom stereocenters. The van der Waals surface area contributed by atoms with Crippen LogP contribution in [-0.2, 0) is 14.2 Å². The Morgan fingerprint density at radius 3 is 2.50 bits per heavy atom. The van der Waals surface area contributed by atoms with Crippen LogP contribution in [0.4, 0.5) is 10.6 Å². The lowest BCUT2D eigenvalue weighted by Gasteiger charge is -2.32. The Hall–Kier alpha value is -1.91. The molecule has 0 saturated carbocycles. The van der Waals surface area contributed by atoms with Crippen molar-refractivity contribution in [2.45, 2.75) is 58.2 Å². The highest BCUT2D eigenvalue weighted by molar-refractivity contribution is 9.10. The van der Waals surface area contributed by atoms with E-state index in [2.05, 4.69) is 26.0 Å². The van der Waals surface area contributed by atoms with Crippen LogP contribution in [0.25, 0.3) is 5.65 Å². The molecule has 2 aliphatic heterocycles. The van der Waals surface area contributed by atoms with E-state index in [1.165, 1.54) is 0 Å². The lowest BCUT2D eigenvalue weighted by atomic mass is 10.00. The van der Waals surface area contributed by atoms with Crippen LogP contribution in [-0.4, -0.2) is 65.4 Å². The van der Waals surface area contributed by atoms with Crippen LogP contribution in [0.3, 0.4) is 0 Å². The van der Waals surface area contributed by atoms with Crippen molar-refractivity contribution in [2.24, 2.45) is 5.92 Å². The predicted molar refractivity (Wildman–Crippen MR) is 122 cm³/mol. The number of hydrogen-bond donors (Lipinski definition) is 0. The molecule has 0 aromatic carbocycles. The first-order chi connectivity index (χ1) is 15.3. The summed E-state index contributed by atoms with van der Waals surface area (Å²) >= 11 is 3.52. The van der Waals surface area contributed by atoms with Gasteiger partial charge in [-0.05, 0) is 55.5 Å². The summed E-state index contributed by atoms with van der Waals surface area (Å²) in [6.45, 7) is 8.84. The number of ether oxygens (including phenoxy) is 4. The summed E-state index contributed by atoms with van der Waals surface area (Å²) in [5.41, 5.74) is -0.0337. The second-order valence-electron chi connectivity index (χ2n) is 9.26. The van der Waals surface area contributed by atoms with Gasteiger partial charge in [-0.25, -0.2) is 4.79 Å². The zero-order valence-corrected chi connectivity index (χ0v) is 20.5. The highest BCUT2D eigenvalue weighted by atomic mass is 79.9. The van der Waals surface area contributed by atoms with E-state index < -0.39 is 11.7 Å².